The van der Waals surface area contributed by atoms with Crippen molar-refractivity contribution in [3.05, 3.63) is 90.3 Å². The van der Waals surface area contributed by atoms with Crippen molar-refractivity contribution in [1.29, 1.82) is 0 Å². The number of nitrogens with zero attached hydrogens (tertiary/aromatic N) is 4. The molecule has 3 aromatic carbocycles. The molecular formula is C22H14F2N4O. The summed E-state index contributed by atoms with van der Waals surface area (Å²) in [6.45, 7) is 0.133. The van der Waals surface area contributed by atoms with E-state index in [1.54, 1.807) is 10.8 Å². The van der Waals surface area contributed by atoms with Crippen molar-refractivity contribution in [1.82, 2.24) is 19.6 Å². The van der Waals surface area contributed by atoms with Crippen molar-refractivity contribution < 1.29 is 13.5 Å². The SMILES string of the molecule is Fc1ccc(OCc2cccc(-c3nc4c5ccccc5ncn4n3)c2)c(F)c1. The van der Waals surface area contributed by atoms with Crippen LogP contribution in [0.15, 0.2) is 73.1 Å². The molecule has 0 aliphatic heterocycles. The summed E-state index contributed by atoms with van der Waals surface area (Å²) in [7, 11) is 0. The van der Waals surface area contributed by atoms with E-state index < -0.39 is 11.6 Å². The molecule has 0 bridgehead atoms. The Hall–Kier alpha value is -3.87. The van der Waals surface area contributed by atoms with E-state index in [4.69, 9.17) is 4.74 Å². The van der Waals surface area contributed by atoms with Crippen LogP contribution in [0.5, 0.6) is 5.75 Å². The van der Waals surface area contributed by atoms with Crippen molar-refractivity contribution in [2.75, 3.05) is 0 Å². The lowest BCUT2D eigenvalue weighted by Gasteiger charge is -2.08. The van der Waals surface area contributed by atoms with Gasteiger partial charge in [-0.05, 0) is 35.9 Å². The summed E-state index contributed by atoms with van der Waals surface area (Å²) in [6, 6.07) is 18.5. The highest BCUT2D eigenvalue weighted by Crippen LogP contribution is 2.23. The van der Waals surface area contributed by atoms with Gasteiger partial charge in [0.05, 0.1) is 5.52 Å². The average Bonchev–Trinajstić information content (AvgIpc) is 3.18. The molecule has 2 aromatic heterocycles. The summed E-state index contributed by atoms with van der Waals surface area (Å²) in [5.41, 5.74) is 3.19. The quantitative estimate of drug-likeness (QED) is 0.444. The van der Waals surface area contributed by atoms with Crippen LogP contribution in [0.1, 0.15) is 5.56 Å². The molecule has 0 aliphatic rings. The molecular weight excluding hydrogens is 374 g/mol. The van der Waals surface area contributed by atoms with E-state index in [1.807, 2.05) is 48.5 Å². The summed E-state index contributed by atoms with van der Waals surface area (Å²) >= 11 is 0. The first-order valence-corrected chi connectivity index (χ1v) is 8.95. The predicted octanol–water partition coefficient (Wildman–Crippen LogP) is 4.80. The Bertz CT molecular complexity index is 1350. The molecule has 0 radical (unpaired) electrons. The molecule has 0 saturated heterocycles. The number of para-hydroxylation sites is 1. The molecule has 0 amide bonds. The van der Waals surface area contributed by atoms with Gasteiger partial charge in [-0.1, -0.05) is 30.3 Å². The van der Waals surface area contributed by atoms with Crippen LogP contribution in [0.25, 0.3) is 27.9 Å². The largest absolute Gasteiger partial charge is 0.486 e. The number of aromatic nitrogens is 4. The maximum absolute atomic E-state index is 13.7. The Morgan fingerprint density at radius 2 is 1.83 bits per heavy atom. The predicted molar refractivity (Wildman–Crippen MR) is 104 cm³/mol. The Morgan fingerprint density at radius 3 is 2.72 bits per heavy atom. The van der Waals surface area contributed by atoms with Gasteiger partial charge >= 0.3 is 0 Å². The highest BCUT2D eigenvalue weighted by atomic mass is 19.1. The minimum atomic E-state index is -0.734. The Morgan fingerprint density at radius 1 is 0.931 bits per heavy atom. The number of benzene rings is 3. The molecule has 0 fully saturated rings. The Kier molecular flexibility index (Phi) is 4.13. The van der Waals surface area contributed by atoms with Crippen molar-refractivity contribution in [2.45, 2.75) is 6.61 Å². The number of rotatable bonds is 4. The topological polar surface area (TPSA) is 52.3 Å². The lowest BCUT2D eigenvalue weighted by molar-refractivity contribution is 0.289. The third kappa shape index (κ3) is 3.27. The summed E-state index contributed by atoms with van der Waals surface area (Å²) in [5.74, 6) is -0.822. The van der Waals surface area contributed by atoms with E-state index in [0.717, 1.165) is 39.8 Å². The normalized spacial score (nSPS) is 11.2. The highest BCUT2D eigenvalue weighted by molar-refractivity contribution is 5.91. The van der Waals surface area contributed by atoms with Crippen LogP contribution in [0, 0.1) is 11.6 Å². The lowest BCUT2D eigenvalue weighted by atomic mass is 10.1. The molecule has 2 heterocycles. The van der Waals surface area contributed by atoms with Gasteiger partial charge in [-0.25, -0.2) is 23.3 Å². The standard InChI is InChI=1S/C22H14F2N4O/c23-16-8-9-20(18(24)11-16)29-12-14-4-3-5-15(10-14)21-26-22-17-6-1-2-7-19(17)25-13-28(22)27-21/h1-11,13H,12H2. The molecule has 0 saturated carbocycles. The molecule has 0 unspecified atom stereocenters. The van der Waals surface area contributed by atoms with E-state index in [-0.39, 0.29) is 12.4 Å². The van der Waals surface area contributed by atoms with Crippen molar-refractivity contribution >= 4 is 16.6 Å². The van der Waals surface area contributed by atoms with Gasteiger partial charge < -0.3 is 4.74 Å². The van der Waals surface area contributed by atoms with Crippen LogP contribution >= 0.6 is 0 Å². The number of hydrogen-bond donors (Lipinski definition) is 0. The molecule has 0 atom stereocenters. The van der Waals surface area contributed by atoms with Crippen LogP contribution in [-0.2, 0) is 6.61 Å². The summed E-state index contributed by atoms with van der Waals surface area (Å²) in [6.07, 6.45) is 1.64. The third-order valence-electron chi connectivity index (χ3n) is 4.56. The summed E-state index contributed by atoms with van der Waals surface area (Å²) in [4.78, 5) is 9.05. The smallest absolute Gasteiger partial charge is 0.182 e. The molecule has 5 rings (SSSR count). The number of fused-ring (bicyclic) bond motifs is 3. The van der Waals surface area contributed by atoms with E-state index in [1.165, 1.54) is 6.07 Å². The first-order valence-electron chi connectivity index (χ1n) is 8.95. The van der Waals surface area contributed by atoms with Crippen molar-refractivity contribution in [3.8, 4) is 17.1 Å². The third-order valence-corrected chi connectivity index (χ3v) is 4.56. The minimum Gasteiger partial charge on any atom is -0.486 e. The number of halogens is 2. The number of ether oxygens (including phenoxy) is 1. The van der Waals surface area contributed by atoms with Crippen LogP contribution in [0.4, 0.5) is 8.78 Å². The fourth-order valence-electron chi connectivity index (χ4n) is 3.16. The summed E-state index contributed by atoms with van der Waals surface area (Å²) in [5, 5.41) is 5.43. The van der Waals surface area contributed by atoms with Crippen LogP contribution in [-0.4, -0.2) is 19.6 Å². The molecule has 0 N–H and O–H groups in total. The maximum atomic E-state index is 13.7. The van der Waals surface area contributed by atoms with Gasteiger partial charge in [0, 0.05) is 17.0 Å². The fraction of sp³-hybridized carbons (Fsp3) is 0.0455. The van der Waals surface area contributed by atoms with Gasteiger partial charge in [0.15, 0.2) is 23.0 Å². The van der Waals surface area contributed by atoms with Gasteiger partial charge in [0.2, 0.25) is 0 Å². The Labute approximate surface area is 164 Å². The van der Waals surface area contributed by atoms with Gasteiger partial charge in [-0.15, -0.1) is 5.10 Å². The second kappa shape index (κ2) is 6.94. The molecule has 0 aliphatic carbocycles. The Balaban J connectivity index is 1.45. The zero-order chi connectivity index (χ0) is 19.8. The first kappa shape index (κ1) is 17.2. The first-order chi connectivity index (χ1) is 14.2. The minimum absolute atomic E-state index is 0.000187. The zero-order valence-corrected chi connectivity index (χ0v) is 15.1. The molecule has 5 nitrogen and oxygen atoms in total. The average molecular weight is 388 g/mol. The van der Waals surface area contributed by atoms with Crippen LogP contribution < -0.4 is 4.74 Å². The molecule has 5 aromatic rings. The van der Waals surface area contributed by atoms with E-state index in [0.29, 0.717) is 5.82 Å². The van der Waals surface area contributed by atoms with E-state index >= 15 is 0 Å². The lowest BCUT2D eigenvalue weighted by Crippen LogP contribution is -1.98. The highest BCUT2D eigenvalue weighted by Gasteiger charge is 2.11. The molecule has 142 valence electrons. The van der Waals surface area contributed by atoms with Crippen LogP contribution in [0.3, 0.4) is 0 Å². The second-order valence-electron chi connectivity index (χ2n) is 6.53. The molecule has 0 spiro atoms. The van der Waals surface area contributed by atoms with E-state index in [2.05, 4.69) is 15.1 Å². The zero-order valence-electron chi connectivity index (χ0n) is 15.1. The fourth-order valence-corrected chi connectivity index (χ4v) is 3.16. The van der Waals surface area contributed by atoms with Crippen LogP contribution in [0.2, 0.25) is 0 Å². The van der Waals surface area contributed by atoms with Gasteiger partial charge in [0.1, 0.15) is 18.8 Å². The van der Waals surface area contributed by atoms with Gasteiger partial charge in [-0.2, -0.15) is 0 Å². The molecule has 7 heteroatoms. The number of hydrogen-bond acceptors (Lipinski definition) is 4. The maximum Gasteiger partial charge on any atom is 0.182 e. The monoisotopic (exact) mass is 388 g/mol. The van der Waals surface area contributed by atoms with Gasteiger partial charge in [-0.3, -0.25) is 0 Å². The van der Waals surface area contributed by atoms with Gasteiger partial charge in [0.25, 0.3) is 0 Å². The van der Waals surface area contributed by atoms with E-state index in [9.17, 15) is 8.78 Å². The van der Waals surface area contributed by atoms with Crippen molar-refractivity contribution in [2.24, 2.45) is 0 Å². The second-order valence-corrected chi connectivity index (χ2v) is 6.53. The van der Waals surface area contributed by atoms with Crippen molar-refractivity contribution in [3.63, 3.8) is 0 Å². The summed E-state index contributed by atoms with van der Waals surface area (Å²) < 4.78 is 33.9. The molecule has 29 heavy (non-hydrogen) atoms.